The van der Waals surface area contributed by atoms with E-state index < -0.39 is 17.9 Å². The fourth-order valence-electron chi connectivity index (χ4n) is 4.63. The number of likely N-dealkylation sites (tertiary alicyclic amines) is 1. The third-order valence-electron chi connectivity index (χ3n) is 6.74. The van der Waals surface area contributed by atoms with Gasteiger partial charge in [0, 0.05) is 24.2 Å². The fourth-order valence-corrected chi connectivity index (χ4v) is 5.60. The number of amides is 2. The van der Waals surface area contributed by atoms with Gasteiger partial charge in [-0.05, 0) is 67.8 Å². The van der Waals surface area contributed by atoms with Gasteiger partial charge in [-0.1, -0.05) is 48.5 Å². The molecule has 3 N–H and O–H groups in total. The SMILES string of the molecule is O=C(CCC(NC(=O)c1cc2ccccc2s1)C(=O)O)NCCC1CCN(Cc2ccccc2)CC1. The topological polar surface area (TPSA) is 98.7 Å². The van der Waals surface area contributed by atoms with E-state index in [1.165, 1.54) is 16.9 Å². The van der Waals surface area contributed by atoms with E-state index in [1.54, 1.807) is 6.07 Å². The molecular weight excluding hydrogens is 474 g/mol. The molecule has 0 bridgehead atoms. The van der Waals surface area contributed by atoms with E-state index in [2.05, 4.69) is 39.8 Å². The molecule has 8 heteroatoms. The summed E-state index contributed by atoms with van der Waals surface area (Å²) in [5, 5.41) is 16.0. The standard InChI is InChI=1S/C28H33N3O4S/c32-26(29-15-12-20-13-16-31(17-14-20)19-21-6-2-1-3-7-21)11-10-23(28(34)35)30-27(33)25-18-22-8-4-5-9-24(22)36-25/h1-9,18,20,23H,10-17,19H2,(H,29,32)(H,30,33)(H,34,35). The highest BCUT2D eigenvalue weighted by atomic mass is 32.1. The molecule has 0 radical (unpaired) electrons. The number of nitrogens with one attached hydrogen (secondary N) is 2. The van der Waals surface area contributed by atoms with Crippen molar-refractivity contribution in [3.63, 3.8) is 0 Å². The first-order valence-electron chi connectivity index (χ1n) is 12.5. The van der Waals surface area contributed by atoms with Gasteiger partial charge in [0.25, 0.3) is 5.91 Å². The molecule has 0 aliphatic carbocycles. The molecule has 1 aliphatic heterocycles. The summed E-state index contributed by atoms with van der Waals surface area (Å²) in [7, 11) is 0. The molecule has 1 saturated heterocycles. The number of piperidine rings is 1. The van der Waals surface area contributed by atoms with Crippen molar-refractivity contribution in [1.29, 1.82) is 0 Å². The van der Waals surface area contributed by atoms with Gasteiger partial charge in [0.2, 0.25) is 5.91 Å². The van der Waals surface area contributed by atoms with Crippen molar-refractivity contribution in [1.82, 2.24) is 15.5 Å². The van der Waals surface area contributed by atoms with Gasteiger partial charge in [0.05, 0.1) is 4.88 Å². The number of aliphatic carboxylic acids is 1. The van der Waals surface area contributed by atoms with E-state index in [0.29, 0.717) is 17.3 Å². The molecule has 1 atom stereocenters. The van der Waals surface area contributed by atoms with Gasteiger partial charge in [0.15, 0.2) is 0 Å². The van der Waals surface area contributed by atoms with E-state index >= 15 is 0 Å². The maximum atomic E-state index is 12.6. The third-order valence-corrected chi connectivity index (χ3v) is 7.86. The zero-order valence-electron chi connectivity index (χ0n) is 20.3. The van der Waals surface area contributed by atoms with Crippen LogP contribution in [0.5, 0.6) is 0 Å². The average molecular weight is 508 g/mol. The predicted octanol–water partition coefficient (Wildman–Crippen LogP) is 4.28. The molecule has 0 spiro atoms. The van der Waals surface area contributed by atoms with Crippen LogP contribution in [0.4, 0.5) is 0 Å². The normalized spacial score (nSPS) is 15.4. The minimum absolute atomic E-state index is 0.0513. The summed E-state index contributed by atoms with van der Waals surface area (Å²) in [6.45, 7) is 3.70. The van der Waals surface area contributed by atoms with E-state index in [4.69, 9.17) is 0 Å². The fraction of sp³-hybridized carbons (Fsp3) is 0.393. The zero-order chi connectivity index (χ0) is 25.3. The highest BCUT2D eigenvalue weighted by molar-refractivity contribution is 7.20. The van der Waals surface area contributed by atoms with Crippen molar-refractivity contribution in [3.05, 3.63) is 71.1 Å². The summed E-state index contributed by atoms with van der Waals surface area (Å²) in [4.78, 5) is 39.5. The number of carboxylic acid groups (broad SMARTS) is 1. The Kier molecular flexibility index (Phi) is 9.08. The number of hydrogen-bond acceptors (Lipinski definition) is 5. The Hall–Kier alpha value is -3.23. The molecular formula is C28H33N3O4S. The van der Waals surface area contributed by atoms with Gasteiger partial charge < -0.3 is 15.7 Å². The monoisotopic (exact) mass is 507 g/mol. The molecule has 1 fully saturated rings. The van der Waals surface area contributed by atoms with Crippen LogP contribution in [-0.4, -0.2) is 53.5 Å². The molecule has 4 rings (SSSR count). The van der Waals surface area contributed by atoms with Gasteiger partial charge in [0.1, 0.15) is 6.04 Å². The molecule has 2 heterocycles. The molecule has 1 aromatic heterocycles. The van der Waals surface area contributed by atoms with Crippen molar-refractivity contribution in [3.8, 4) is 0 Å². The van der Waals surface area contributed by atoms with Crippen LogP contribution in [0.2, 0.25) is 0 Å². The number of carbonyl (C=O) groups is 3. The van der Waals surface area contributed by atoms with Crippen molar-refractivity contribution in [2.45, 2.75) is 44.7 Å². The minimum Gasteiger partial charge on any atom is -0.480 e. The van der Waals surface area contributed by atoms with Crippen molar-refractivity contribution in [2.24, 2.45) is 5.92 Å². The first-order chi connectivity index (χ1) is 17.5. The van der Waals surface area contributed by atoms with E-state index in [1.807, 2.05) is 30.3 Å². The van der Waals surface area contributed by atoms with Crippen LogP contribution in [0.3, 0.4) is 0 Å². The lowest BCUT2D eigenvalue weighted by molar-refractivity contribution is -0.139. The van der Waals surface area contributed by atoms with Gasteiger partial charge in [-0.25, -0.2) is 4.79 Å². The molecule has 190 valence electrons. The first kappa shape index (κ1) is 25.9. The molecule has 7 nitrogen and oxygen atoms in total. The van der Waals surface area contributed by atoms with Gasteiger partial charge in [-0.15, -0.1) is 11.3 Å². The van der Waals surface area contributed by atoms with Crippen LogP contribution < -0.4 is 10.6 Å². The van der Waals surface area contributed by atoms with E-state index in [-0.39, 0.29) is 18.7 Å². The lowest BCUT2D eigenvalue weighted by atomic mass is 9.93. The lowest BCUT2D eigenvalue weighted by Crippen LogP contribution is -2.41. The Morgan fingerprint density at radius 2 is 1.75 bits per heavy atom. The van der Waals surface area contributed by atoms with Crippen LogP contribution in [0, 0.1) is 5.92 Å². The summed E-state index contributed by atoms with van der Waals surface area (Å²) in [5.41, 5.74) is 1.34. The van der Waals surface area contributed by atoms with E-state index in [9.17, 15) is 19.5 Å². The van der Waals surface area contributed by atoms with Crippen molar-refractivity contribution >= 4 is 39.2 Å². The summed E-state index contributed by atoms with van der Waals surface area (Å²) >= 11 is 1.32. The highest BCUT2D eigenvalue weighted by Gasteiger charge is 2.23. The number of carbonyl (C=O) groups excluding carboxylic acids is 2. The number of nitrogens with zero attached hydrogens (tertiary/aromatic N) is 1. The second kappa shape index (κ2) is 12.6. The summed E-state index contributed by atoms with van der Waals surface area (Å²) < 4.78 is 0.968. The molecule has 2 amide bonds. The smallest absolute Gasteiger partial charge is 0.326 e. The summed E-state index contributed by atoms with van der Waals surface area (Å²) in [6.07, 6.45) is 3.27. The molecule has 3 aromatic rings. The van der Waals surface area contributed by atoms with Crippen LogP contribution in [0.25, 0.3) is 10.1 Å². The van der Waals surface area contributed by atoms with Crippen LogP contribution in [0.1, 0.15) is 47.3 Å². The lowest BCUT2D eigenvalue weighted by Gasteiger charge is -2.32. The van der Waals surface area contributed by atoms with E-state index in [0.717, 1.165) is 49.0 Å². The Bertz CT molecular complexity index is 1140. The van der Waals surface area contributed by atoms with Crippen LogP contribution >= 0.6 is 11.3 Å². The number of rotatable bonds is 11. The number of benzene rings is 2. The summed E-state index contributed by atoms with van der Waals surface area (Å²) in [5.74, 6) is -1.16. The Labute approximate surface area is 215 Å². The maximum Gasteiger partial charge on any atom is 0.326 e. The molecule has 1 aliphatic rings. The third kappa shape index (κ3) is 7.38. The average Bonchev–Trinajstić information content (AvgIpc) is 3.32. The quantitative estimate of drug-likeness (QED) is 0.360. The molecule has 2 aromatic carbocycles. The Morgan fingerprint density at radius 3 is 2.47 bits per heavy atom. The summed E-state index contributed by atoms with van der Waals surface area (Å²) in [6, 6.07) is 18.8. The first-order valence-corrected chi connectivity index (χ1v) is 13.3. The van der Waals surface area contributed by atoms with Crippen molar-refractivity contribution in [2.75, 3.05) is 19.6 Å². The van der Waals surface area contributed by atoms with Crippen molar-refractivity contribution < 1.29 is 19.5 Å². The molecule has 0 saturated carbocycles. The maximum absolute atomic E-state index is 12.6. The highest BCUT2D eigenvalue weighted by Crippen LogP contribution is 2.25. The number of thiophene rings is 1. The second-order valence-electron chi connectivity index (χ2n) is 9.40. The number of fused-ring (bicyclic) bond motifs is 1. The van der Waals surface area contributed by atoms with Gasteiger partial charge in [-0.2, -0.15) is 0 Å². The molecule has 1 unspecified atom stereocenters. The van der Waals surface area contributed by atoms with Gasteiger partial charge >= 0.3 is 5.97 Å². The number of hydrogen-bond donors (Lipinski definition) is 3. The van der Waals surface area contributed by atoms with Gasteiger partial charge in [-0.3, -0.25) is 14.5 Å². The minimum atomic E-state index is -1.14. The Morgan fingerprint density at radius 1 is 1.03 bits per heavy atom. The zero-order valence-corrected chi connectivity index (χ0v) is 21.1. The molecule has 36 heavy (non-hydrogen) atoms. The van der Waals surface area contributed by atoms with Crippen LogP contribution in [0.15, 0.2) is 60.7 Å². The Balaban J connectivity index is 1.14. The second-order valence-corrected chi connectivity index (χ2v) is 10.5. The number of carboxylic acids is 1. The largest absolute Gasteiger partial charge is 0.480 e. The van der Waals surface area contributed by atoms with Crippen LogP contribution in [-0.2, 0) is 16.1 Å². The predicted molar refractivity (Wildman–Crippen MR) is 142 cm³/mol.